The number of aromatic nitrogens is 1. The van der Waals surface area contributed by atoms with Crippen LogP contribution in [0.5, 0.6) is 0 Å². The lowest BCUT2D eigenvalue weighted by molar-refractivity contribution is -0.113. The normalized spacial score (nSPS) is 17.0. The molecule has 1 amide bonds. The molecule has 0 saturated carbocycles. The van der Waals surface area contributed by atoms with Crippen LogP contribution >= 0.6 is 24.0 Å². The third-order valence-electron chi connectivity index (χ3n) is 3.52. The predicted octanol–water partition coefficient (Wildman–Crippen LogP) is 4.04. The van der Waals surface area contributed by atoms with E-state index < -0.39 is 0 Å². The van der Waals surface area contributed by atoms with Crippen LogP contribution in [-0.4, -0.2) is 15.2 Å². The van der Waals surface area contributed by atoms with E-state index in [0.29, 0.717) is 9.23 Å². The van der Waals surface area contributed by atoms with Crippen molar-refractivity contribution in [1.82, 2.24) is 4.98 Å². The third-order valence-corrected chi connectivity index (χ3v) is 4.82. The molecule has 3 rings (SSSR count). The Kier molecular flexibility index (Phi) is 3.69. The number of carbonyl (C=O) groups is 1. The van der Waals surface area contributed by atoms with E-state index in [4.69, 9.17) is 12.2 Å². The molecule has 1 aliphatic rings. The average Bonchev–Trinajstić information content (AvgIpc) is 3.04. The van der Waals surface area contributed by atoms with Crippen LogP contribution in [0.2, 0.25) is 0 Å². The number of nitrogens with one attached hydrogen (secondary N) is 1. The Morgan fingerprint density at radius 2 is 2.05 bits per heavy atom. The average molecular weight is 314 g/mol. The number of amides is 1. The van der Waals surface area contributed by atoms with E-state index >= 15 is 0 Å². The number of H-pyrrole nitrogens is 1. The minimum Gasteiger partial charge on any atom is -0.362 e. The Balaban J connectivity index is 2.00. The summed E-state index contributed by atoms with van der Waals surface area (Å²) in [6.07, 6.45) is 3.67. The van der Waals surface area contributed by atoms with E-state index in [-0.39, 0.29) is 5.91 Å². The van der Waals surface area contributed by atoms with Crippen LogP contribution in [0.25, 0.3) is 6.08 Å². The highest BCUT2D eigenvalue weighted by Crippen LogP contribution is 2.37. The first-order valence-corrected chi connectivity index (χ1v) is 7.78. The second-order valence-electron chi connectivity index (χ2n) is 4.86. The van der Waals surface area contributed by atoms with Crippen molar-refractivity contribution in [2.75, 3.05) is 4.90 Å². The molecule has 1 aliphatic heterocycles. The van der Waals surface area contributed by atoms with E-state index in [2.05, 4.69) is 4.98 Å². The first-order chi connectivity index (χ1) is 10.1. The molecule has 1 aromatic heterocycles. The molecular formula is C16H14N2OS2. The first kappa shape index (κ1) is 14.1. The zero-order chi connectivity index (χ0) is 15.0. The van der Waals surface area contributed by atoms with Crippen LogP contribution in [0.15, 0.2) is 41.4 Å². The van der Waals surface area contributed by atoms with Gasteiger partial charge in [0.15, 0.2) is 4.32 Å². The van der Waals surface area contributed by atoms with Gasteiger partial charge in [0.1, 0.15) is 0 Å². The molecule has 1 fully saturated rings. The van der Waals surface area contributed by atoms with Gasteiger partial charge in [-0.05, 0) is 49.2 Å². The fourth-order valence-corrected chi connectivity index (χ4v) is 3.50. The Labute approximate surface area is 133 Å². The molecule has 1 saturated heterocycles. The van der Waals surface area contributed by atoms with Crippen LogP contribution in [0.1, 0.15) is 16.8 Å². The minimum absolute atomic E-state index is 0.0618. The molecule has 0 radical (unpaired) electrons. The maximum Gasteiger partial charge on any atom is 0.270 e. The van der Waals surface area contributed by atoms with Crippen LogP contribution in [-0.2, 0) is 4.79 Å². The molecule has 0 bridgehead atoms. The third kappa shape index (κ3) is 2.54. The zero-order valence-electron chi connectivity index (χ0n) is 11.7. The van der Waals surface area contributed by atoms with Crippen molar-refractivity contribution >= 4 is 46.0 Å². The SMILES string of the molecule is Cc1cccc(N2C(=O)/C(=C/c3ccc[nH]3)SC2=S)c1C. The second-order valence-corrected chi connectivity index (χ2v) is 6.54. The van der Waals surface area contributed by atoms with Gasteiger partial charge in [0.25, 0.3) is 5.91 Å². The van der Waals surface area contributed by atoms with E-state index in [0.717, 1.165) is 22.5 Å². The number of thiocarbonyl (C=S) groups is 1. The minimum atomic E-state index is -0.0618. The molecule has 3 nitrogen and oxygen atoms in total. The molecule has 0 unspecified atom stereocenters. The molecule has 1 N–H and O–H groups in total. The van der Waals surface area contributed by atoms with Crippen molar-refractivity contribution in [3.8, 4) is 0 Å². The van der Waals surface area contributed by atoms with Gasteiger partial charge in [-0.1, -0.05) is 36.1 Å². The molecule has 2 heterocycles. The summed E-state index contributed by atoms with van der Waals surface area (Å²) in [5.74, 6) is -0.0618. The number of aromatic amines is 1. The molecule has 106 valence electrons. The molecule has 21 heavy (non-hydrogen) atoms. The molecular weight excluding hydrogens is 300 g/mol. The van der Waals surface area contributed by atoms with Crippen LogP contribution in [0.4, 0.5) is 5.69 Å². The number of hydrogen-bond acceptors (Lipinski definition) is 3. The van der Waals surface area contributed by atoms with Gasteiger partial charge in [-0.15, -0.1) is 0 Å². The quantitative estimate of drug-likeness (QED) is 0.671. The number of carbonyl (C=O) groups excluding carboxylic acids is 1. The maximum atomic E-state index is 12.6. The fourth-order valence-electron chi connectivity index (χ4n) is 2.23. The van der Waals surface area contributed by atoms with Gasteiger partial charge >= 0.3 is 0 Å². The number of nitrogens with zero attached hydrogens (tertiary/aromatic N) is 1. The number of thioether (sulfide) groups is 1. The lowest BCUT2D eigenvalue weighted by Crippen LogP contribution is -2.28. The predicted molar refractivity (Wildman–Crippen MR) is 92.4 cm³/mol. The lowest BCUT2D eigenvalue weighted by atomic mass is 10.1. The molecule has 0 atom stereocenters. The van der Waals surface area contributed by atoms with E-state index in [9.17, 15) is 4.79 Å². The largest absolute Gasteiger partial charge is 0.362 e. The number of aryl methyl sites for hydroxylation is 1. The smallest absolute Gasteiger partial charge is 0.270 e. The van der Waals surface area contributed by atoms with Gasteiger partial charge in [0.2, 0.25) is 0 Å². The van der Waals surface area contributed by atoms with E-state index in [1.807, 2.05) is 56.5 Å². The van der Waals surface area contributed by atoms with Crippen molar-refractivity contribution in [3.05, 3.63) is 58.3 Å². The molecule has 2 aromatic rings. The van der Waals surface area contributed by atoms with Crippen LogP contribution < -0.4 is 4.90 Å². The topological polar surface area (TPSA) is 36.1 Å². The fraction of sp³-hybridized carbons (Fsp3) is 0.125. The summed E-state index contributed by atoms with van der Waals surface area (Å²) in [5, 5.41) is 0. The van der Waals surface area contributed by atoms with Gasteiger partial charge in [0.05, 0.1) is 10.6 Å². The summed E-state index contributed by atoms with van der Waals surface area (Å²) >= 11 is 6.73. The number of benzene rings is 1. The number of anilines is 1. The van der Waals surface area contributed by atoms with Gasteiger partial charge in [-0.2, -0.15) is 0 Å². The highest BCUT2D eigenvalue weighted by molar-refractivity contribution is 8.27. The number of hydrogen-bond donors (Lipinski definition) is 1. The monoisotopic (exact) mass is 314 g/mol. The Morgan fingerprint density at radius 1 is 1.24 bits per heavy atom. The molecule has 0 aliphatic carbocycles. The van der Waals surface area contributed by atoms with Crippen molar-refractivity contribution in [3.63, 3.8) is 0 Å². The summed E-state index contributed by atoms with van der Waals surface area (Å²) < 4.78 is 0.575. The Bertz CT molecular complexity index is 748. The van der Waals surface area contributed by atoms with Gasteiger partial charge in [-0.3, -0.25) is 9.69 Å². The van der Waals surface area contributed by atoms with Crippen molar-refractivity contribution in [2.45, 2.75) is 13.8 Å². The van der Waals surface area contributed by atoms with Crippen LogP contribution in [0, 0.1) is 13.8 Å². The zero-order valence-corrected chi connectivity index (χ0v) is 13.3. The van der Waals surface area contributed by atoms with E-state index in [1.165, 1.54) is 11.8 Å². The lowest BCUT2D eigenvalue weighted by Gasteiger charge is -2.18. The highest BCUT2D eigenvalue weighted by Gasteiger charge is 2.34. The Morgan fingerprint density at radius 3 is 2.76 bits per heavy atom. The molecule has 1 aromatic carbocycles. The molecule has 0 spiro atoms. The standard InChI is InChI=1S/C16H14N2OS2/c1-10-5-3-7-13(11(10)2)18-15(19)14(21-16(18)20)9-12-6-4-8-17-12/h3-9,17H,1-2H3/b14-9-. The summed E-state index contributed by atoms with van der Waals surface area (Å²) in [5.41, 5.74) is 3.99. The number of rotatable bonds is 2. The van der Waals surface area contributed by atoms with Gasteiger partial charge in [0, 0.05) is 11.9 Å². The summed E-state index contributed by atoms with van der Waals surface area (Å²) in [4.78, 5) is 18.0. The highest BCUT2D eigenvalue weighted by atomic mass is 32.2. The molecule has 5 heteroatoms. The Hall–Kier alpha value is -1.85. The maximum absolute atomic E-state index is 12.6. The first-order valence-electron chi connectivity index (χ1n) is 6.55. The summed E-state index contributed by atoms with van der Waals surface area (Å²) in [7, 11) is 0. The van der Waals surface area contributed by atoms with Crippen LogP contribution in [0.3, 0.4) is 0 Å². The van der Waals surface area contributed by atoms with Crippen molar-refractivity contribution in [2.24, 2.45) is 0 Å². The van der Waals surface area contributed by atoms with Gasteiger partial charge in [-0.25, -0.2) is 0 Å². The summed E-state index contributed by atoms with van der Waals surface area (Å²) in [6, 6.07) is 9.74. The summed E-state index contributed by atoms with van der Waals surface area (Å²) in [6.45, 7) is 4.04. The van der Waals surface area contributed by atoms with Crippen molar-refractivity contribution in [1.29, 1.82) is 0 Å². The van der Waals surface area contributed by atoms with Gasteiger partial charge < -0.3 is 4.98 Å². The van der Waals surface area contributed by atoms with Crippen molar-refractivity contribution < 1.29 is 4.79 Å². The van der Waals surface area contributed by atoms with E-state index in [1.54, 1.807) is 4.90 Å². The second kappa shape index (κ2) is 5.50.